The van der Waals surface area contributed by atoms with Crippen molar-refractivity contribution in [2.24, 2.45) is 0 Å². The van der Waals surface area contributed by atoms with Gasteiger partial charge in [0.05, 0.1) is 13.2 Å². The van der Waals surface area contributed by atoms with Gasteiger partial charge >= 0.3 is 0 Å². The molecule has 2 bridgehead atoms. The highest BCUT2D eigenvalue weighted by atomic mass is 16.3. The number of nitrogens with one attached hydrogen (secondary N) is 1. The lowest BCUT2D eigenvalue weighted by atomic mass is 9.91. The highest BCUT2D eigenvalue weighted by Crippen LogP contribution is 2.25. The van der Waals surface area contributed by atoms with E-state index in [1.165, 1.54) is 12.8 Å². The first kappa shape index (κ1) is 9.93. The molecule has 1 heterocycles. The van der Waals surface area contributed by atoms with Crippen LogP contribution in [0.1, 0.15) is 25.7 Å². The van der Waals surface area contributed by atoms with Crippen LogP contribution in [0, 0.1) is 0 Å². The zero-order chi connectivity index (χ0) is 9.97. The van der Waals surface area contributed by atoms with Gasteiger partial charge in [0.1, 0.15) is 0 Å². The standard InChI is InChI=1S/C10H18N2O2/c13-5-4-12-9-3-1-2-8(6-9)11-7-10(12)14/h8-9,11,13H,1-7H2. The van der Waals surface area contributed by atoms with Crippen LogP contribution in [0.15, 0.2) is 0 Å². The maximum absolute atomic E-state index is 11.7. The second-order valence-electron chi connectivity index (χ2n) is 4.21. The van der Waals surface area contributed by atoms with Gasteiger partial charge in [-0.25, -0.2) is 0 Å². The first-order valence-corrected chi connectivity index (χ1v) is 5.45. The molecule has 1 aliphatic heterocycles. The Balaban J connectivity index is 2.07. The number of hydrogen-bond acceptors (Lipinski definition) is 3. The zero-order valence-electron chi connectivity index (χ0n) is 8.41. The van der Waals surface area contributed by atoms with Crippen LogP contribution in [-0.4, -0.2) is 47.7 Å². The molecule has 0 aromatic heterocycles. The highest BCUT2D eigenvalue weighted by Gasteiger charge is 2.32. The lowest BCUT2D eigenvalue weighted by Gasteiger charge is -2.33. The van der Waals surface area contributed by atoms with Crippen molar-refractivity contribution in [1.82, 2.24) is 10.2 Å². The fraction of sp³-hybridized carbons (Fsp3) is 0.900. The molecule has 4 heteroatoms. The molecule has 1 saturated carbocycles. The molecule has 2 rings (SSSR count). The van der Waals surface area contributed by atoms with Gasteiger partial charge in [0.15, 0.2) is 0 Å². The van der Waals surface area contributed by atoms with E-state index in [2.05, 4.69) is 5.32 Å². The third kappa shape index (κ3) is 1.91. The third-order valence-electron chi connectivity index (χ3n) is 3.29. The highest BCUT2D eigenvalue weighted by molar-refractivity contribution is 5.79. The average molecular weight is 198 g/mol. The fourth-order valence-corrected chi connectivity index (χ4v) is 2.58. The van der Waals surface area contributed by atoms with Crippen molar-refractivity contribution in [3.63, 3.8) is 0 Å². The van der Waals surface area contributed by atoms with Crippen LogP contribution in [0.4, 0.5) is 0 Å². The van der Waals surface area contributed by atoms with Gasteiger partial charge < -0.3 is 15.3 Å². The van der Waals surface area contributed by atoms with Gasteiger partial charge in [-0.3, -0.25) is 4.79 Å². The Morgan fingerprint density at radius 3 is 3.14 bits per heavy atom. The van der Waals surface area contributed by atoms with E-state index < -0.39 is 0 Å². The summed E-state index contributed by atoms with van der Waals surface area (Å²) in [6.45, 7) is 1.02. The summed E-state index contributed by atoms with van der Waals surface area (Å²) >= 11 is 0. The smallest absolute Gasteiger partial charge is 0.236 e. The van der Waals surface area contributed by atoms with Crippen LogP contribution in [0.2, 0.25) is 0 Å². The number of hydrogen-bond donors (Lipinski definition) is 2. The summed E-state index contributed by atoms with van der Waals surface area (Å²) in [6, 6.07) is 0.879. The van der Waals surface area contributed by atoms with E-state index in [1.54, 1.807) is 0 Å². The van der Waals surface area contributed by atoms with Crippen LogP contribution in [-0.2, 0) is 4.79 Å². The topological polar surface area (TPSA) is 52.6 Å². The van der Waals surface area contributed by atoms with Gasteiger partial charge in [0, 0.05) is 18.6 Å². The van der Waals surface area contributed by atoms with E-state index in [9.17, 15) is 4.79 Å². The largest absolute Gasteiger partial charge is 0.395 e. The van der Waals surface area contributed by atoms with E-state index in [4.69, 9.17) is 5.11 Å². The van der Waals surface area contributed by atoms with Gasteiger partial charge in [-0.05, 0) is 25.7 Å². The number of fused-ring (bicyclic) bond motifs is 2. The molecule has 0 aromatic rings. The zero-order valence-corrected chi connectivity index (χ0v) is 8.41. The summed E-state index contributed by atoms with van der Waals surface area (Å²) in [7, 11) is 0. The SMILES string of the molecule is O=C1CNC2CCCC(C2)N1CCO. The van der Waals surface area contributed by atoms with Gasteiger partial charge in [0.2, 0.25) is 5.91 Å². The number of aliphatic hydroxyl groups excluding tert-OH is 1. The quantitative estimate of drug-likeness (QED) is 0.642. The Labute approximate surface area is 84.3 Å². The van der Waals surface area contributed by atoms with Gasteiger partial charge in [-0.15, -0.1) is 0 Å². The number of β-amino-alcohol motifs (C(OH)–C–C–N with tert-alkyl or cyclic N) is 1. The minimum absolute atomic E-state index is 0.0763. The second kappa shape index (κ2) is 4.28. The normalized spacial score (nSPS) is 32.9. The predicted octanol–water partition coefficient (Wildman–Crippen LogP) is -0.278. The molecule has 0 aromatic carbocycles. The second-order valence-corrected chi connectivity index (χ2v) is 4.21. The monoisotopic (exact) mass is 198 g/mol. The summed E-state index contributed by atoms with van der Waals surface area (Å²) in [5.74, 6) is 0.147. The van der Waals surface area contributed by atoms with Crippen LogP contribution in [0.3, 0.4) is 0 Å². The molecule has 4 nitrogen and oxygen atoms in total. The van der Waals surface area contributed by atoms with Crippen molar-refractivity contribution in [3.8, 4) is 0 Å². The molecule has 1 aliphatic carbocycles. The summed E-state index contributed by atoms with van der Waals surface area (Å²) in [5, 5.41) is 12.2. The van der Waals surface area contributed by atoms with Crippen LogP contribution in [0.25, 0.3) is 0 Å². The molecule has 80 valence electrons. The number of rotatable bonds is 2. The average Bonchev–Trinajstić information content (AvgIpc) is 2.31. The van der Waals surface area contributed by atoms with E-state index in [1.807, 2.05) is 4.90 Å². The predicted molar refractivity (Wildman–Crippen MR) is 52.8 cm³/mol. The van der Waals surface area contributed by atoms with Gasteiger partial charge in [0.25, 0.3) is 0 Å². The summed E-state index contributed by atoms with van der Waals surface area (Å²) < 4.78 is 0. The molecule has 2 aliphatic rings. The van der Waals surface area contributed by atoms with Crippen LogP contribution >= 0.6 is 0 Å². The third-order valence-corrected chi connectivity index (χ3v) is 3.29. The van der Waals surface area contributed by atoms with Gasteiger partial charge in [-0.2, -0.15) is 0 Å². The number of aliphatic hydroxyl groups is 1. The maximum atomic E-state index is 11.7. The van der Waals surface area contributed by atoms with E-state index in [-0.39, 0.29) is 12.5 Å². The van der Waals surface area contributed by atoms with Crippen molar-refractivity contribution in [1.29, 1.82) is 0 Å². The van der Waals surface area contributed by atoms with Crippen LogP contribution < -0.4 is 5.32 Å². The Morgan fingerprint density at radius 2 is 2.36 bits per heavy atom. The van der Waals surface area contributed by atoms with Crippen molar-refractivity contribution in [2.45, 2.75) is 37.8 Å². The molecule has 14 heavy (non-hydrogen) atoms. The minimum atomic E-state index is 0.0763. The summed E-state index contributed by atoms with van der Waals surface area (Å²) in [4.78, 5) is 13.6. The van der Waals surface area contributed by atoms with Crippen molar-refractivity contribution in [2.75, 3.05) is 19.7 Å². The van der Waals surface area contributed by atoms with Gasteiger partial charge in [-0.1, -0.05) is 0 Å². The van der Waals surface area contributed by atoms with E-state index >= 15 is 0 Å². The lowest BCUT2D eigenvalue weighted by Crippen LogP contribution is -2.43. The molecule has 1 amide bonds. The lowest BCUT2D eigenvalue weighted by molar-refractivity contribution is -0.132. The number of carbonyl (C=O) groups is 1. The Morgan fingerprint density at radius 1 is 1.50 bits per heavy atom. The van der Waals surface area contributed by atoms with E-state index in [0.29, 0.717) is 25.2 Å². The fourth-order valence-electron chi connectivity index (χ4n) is 2.58. The Kier molecular flexibility index (Phi) is 3.03. The van der Waals surface area contributed by atoms with Crippen molar-refractivity contribution < 1.29 is 9.90 Å². The van der Waals surface area contributed by atoms with Crippen molar-refractivity contribution in [3.05, 3.63) is 0 Å². The molecule has 2 fully saturated rings. The first-order chi connectivity index (χ1) is 6.81. The Hall–Kier alpha value is -0.610. The number of carbonyl (C=O) groups excluding carboxylic acids is 1. The minimum Gasteiger partial charge on any atom is -0.395 e. The maximum Gasteiger partial charge on any atom is 0.236 e. The molecule has 2 N–H and O–H groups in total. The molecule has 1 saturated heterocycles. The molecule has 0 spiro atoms. The molecule has 2 atom stereocenters. The van der Waals surface area contributed by atoms with Crippen LogP contribution in [0.5, 0.6) is 0 Å². The number of amides is 1. The molecular formula is C10H18N2O2. The van der Waals surface area contributed by atoms with E-state index in [0.717, 1.165) is 12.8 Å². The first-order valence-electron chi connectivity index (χ1n) is 5.45. The Bertz CT molecular complexity index is 220. The molecule has 0 radical (unpaired) electrons. The summed E-state index contributed by atoms with van der Waals surface area (Å²) in [6.07, 6.45) is 4.55. The molecular weight excluding hydrogens is 180 g/mol. The number of nitrogens with zero attached hydrogens (tertiary/aromatic N) is 1. The molecule has 2 unspecified atom stereocenters. The summed E-state index contributed by atoms with van der Waals surface area (Å²) in [5.41, 5.74) is 0. The van der Waals surface area contributed by atoms with Crippen molar-refractivity contribution >= 4 is 5.91 Å².